The van der Waals surface area contributed by atoms with Crippen LogP contribution in [0.4, 0.5) is 0 Å². The number of rotatable bonds is 3. The molecule has 1 aromatic carbocycles. The summed E-state index contributed by atoms with van der Waals surface area (Å²) in [5.41, 5.74) is 0.553. The molecular weight excluding hydrogens is 270 g/mol. The maximum absolute atomic E-state index is 9.60. The van der Waals surface area contributed by atoms with E-state index >= 15 is 0 Å². The fourth-order valence-corrected chi connectivity index (χ4v) is 2.64. The molecule has 1 aliphatic carbocycles. The van der Waals surface area contributed by atoms with Crippen molar-refractivity contribution < 1.29 is 14.4 Å². The molecule has 21 heavy (non-hydrogen) atoms. The molecule has 0 aliphatic heterocycles. The predicted molar refractivity (Wildman–Crippen MR) is 73.6 cm³/mol. The lowest BCUT2D eigenvalue weighted by atomic mass is 10.1. The van der Waals surface area contributed by atoms with Gasteiger partial charge in [-0.1, -0.05) is 19.0 Å². The molecule has 0 amide bonds. The van der Waals surface area contributed by atoms with E-state index in [1.54, 1.807) is 12.1 Å². The number of hydrogen-bond donors (Lipinski definition) is 1. The zero-order valence-electron chi connectivity index (χ0n) is 12.0. The van der Waals surface area contributed by atoms with Crippen molar-refractivity contribution in [2.24, 2.45) is 11.3 Å². The standard InChI is InChI=1S/C15H15N3O3/c1-15(2)9(7-16)12(15)14-17-13(18-21-14)8-4-5-10(19)11(6-8)20-3/h4-6,9,12,19H,1-3H3. The van der Waals surface area contributed by atoms with Gasteiger partial charge in [0.15, 0.2) is 11.5 Å². The lowest BCUT2D eigenvalue weighted by Crippen LogP contribution is -1.90. The normalized spacial score (nSPS) is 22.6. The zero-order chi connectivity index (χ0) is 15.2. The first kappa shape index (κ1) is 13.4. The van der Waals surface area contributed by atoms with Gasteiger partial charge in [0.1, 0.15) is 0 Å². The van der Waals surface area contributed by atoms with Gasteiger partial charge >= 0.3 is 0 Å². The summed E-state index contributed by atoms with van der Waals surface area (Å²) in [6, 6.07) is 7.12. The van der Waals surface area contributed by atoms with E-state index in [1.165, 1.54) is 13.2 Å². The van der Waals surface area contributed by atoms with E-state index in [9.17, 15) is 5.11 Å². The van der Waals surface area contributed by atoms with Gasteiger partial charge in [-0.15, -0.1) is 0 Å². The van der Waals surface area contributed by atoms with Crippen LogP contribution in [0.3, 0.4) is 0 Å². The third-order valence-electron chi connectivity index (χ3n) is 4.11. The van der Waals surface area contributed by atoms with E-state index in [-0.39, 0.29) is 23.0 Å². The van der Waals surface area contributed by atoms with Crippen LogP contribution in [-0.4, -0.2) is 22.4 Å². The second-order valence-corrected chi connectivity index (χ2v) is 5.75. The summed E-state index contributed by atoms with van der Waals surface area (Å²) in [6.45, 7) is 4.03. The van der Waals surface area contributed by atoms with E-state index in [0.717, 1.165) is 0 Å². The molecule has 0 radical (unpaired) electrons. The molecule has 2 aromatic rings. The number of benzene rings is 1. The van der Waals surface area contributed by atoms with Crippen molar-refractivity contribution in [1.82, 2.24) is 10.1 Å². The molecule has 108 valence electrons. The van der Waals surface area contributed by atoms with E-state index < -0.39 is 0 Å². The molecule has 0 saturated heterocycles. The lowest BCUT2D eigenvalue weighted by molar-refractivity contribution is 0.367. The van der Waals surface area contributed by atoms with Gasteiger partial charge in [0.05, 0.1) is 25.0 Å². The number of aromatic nitrogens is 2. The van der Waals surface area contributed by atoms with Gasteiger partial charge in [0, 0.05) is 5.56 Å². The summed E-state index contributed by atoms with van der Waals surface area (Å²) in [7, 11) is 1.48. The van der Waals surface area contributed by atoms with E-state index in [1.807, 2.05) is 13.8 Å². The van der Waals surface area contributed by atoms with Gasteiger partial charge in [0.2, 0.25) is 11.7 Å². The topological polar surface area (TPSA) is 92.2 Å². The van der Waals surface area contributed by atoms with Crippen molar-refractivity contribution >= 4 is 0 Å². The minimum Gasteiger partial charge on any atom is -0.504 e. The fourth-order valence-electron chi connectivity index (χ4n) is 2.64. The van der Waals surface area contributed by atoms with Crippen LogP contribution in [0.25, 0.3) is 11.4 Å². The van der Waals surface area contributed by atoms with Crippen LogP contribution in [0.5, 0.6) is 11.5 Å². The first-order valence-electron chi connectivity index (χ1n) is 6.59. The number of nitriles is 1. The number of ether oxygens (including phenoxy) is 1. The Kier molecular flexibility index (Phi) is 2.87. The molecule has 1 aromatic heterocycles. The number of hydrogen-bond acceptors (Lipinski definition) is 6. The summed E-state index contributed by atoms with van der Waals surface area (Å²) < 4.78 is 10.4. The van der Waals surface area contributed by atoms with Crippen molar-refractivity contribution in [3.8, 4) is 29.0 Å². The maximum Gasteiger partial charge on any atom is 0.232 e. The highest BCUT2D eigenvalue weighted by molar-refractivity contribution is 5.60. The van der Waals surface area contributed by atoms with Crippen LogP contribution in [0.2, 0.25) is 0 Å². The Morgan fingerprint density at radius 3 is 2.81 bits per heavy atom. The van der Waals surface area contributed by atoms with E-state index in [2.05, 4.69) is 16.2 Å². The highest BCUT2D eigenvalue weighted by atomic mass is 16.5. The van der Waals surface area contributed by atoms with Gasteiger partial charge in [-0.25, -0.2) is 0 Å². The molecule has 1 N–H and O–H groups in total. The predicted octanol–water partition coefficient (Wildman–Crippen LogP) is 2.71. The number of methoxy groups -OCH3 is 1. The molecule has 1 aliphatic rings. The average Bonchev–Trinajstić information content (AvgIpc) is 2.82. The van der Waals surface area contributed by atoms with Gasteiger partial charge in [-0.05, 0) is 23.6 Å². The largest absolute Gasteiger partial charge is 0.504 e. The Morgan fingerprint density at radius 1 is 1.43 bits per heavy atom. The molecular formula is C15H15N3O3. The quantitative estimate of drug-likeness (QED) is 0.932. The van der Waals surface area contributed by atoms with Crippen LogP contribution in [-0.2, 0) is 0 Å². The summed E-state index contributed by atoms with van der Waals surface area (Å²) in [6.07, 6.45) is 0. The number of phenolic OH excluding ortho intramolecular Hbond substituents is 1. The monoisotopic (exact) mass is 285 g/mol. The summed E-state index contributed by atoms with van der Waals surface area (Å²) in [5, 5.41) is 22.7. The zero-order valence-corrected chi connectivity index (χ0v) is 12.0. The SMILES string of the molecule is COc1cc(-c2noc(C3C(C#N)C3(C)C)n2)ccc1O. The first-order valence-corrected chi connectivity index (χ1v) is 6.59. The molecule has 3 rings (SSSR count). The third-order valence-corrected chi connectivity index (χ3v) is 4.11. The highest BCUT2D eigenvalue weighted by Gasteiger charge is 2.62. The minimum atomic E-state index is -0.134. The van der Waals surface area contributed by atoms with Crippen LogP contribution in [0.15, 0.2) is 22.7 Å². The van der Waals surface area contributed by atoms with E-state index in [4.69, 9.17) is 14.5 Å². The van der Waals surface area contributed by atoms with Crippen molar-refractivity contribution in [2.45, 2.75) is 19.8 Å². The lowest BCUT2D eigenvalue weighted by Gasteiger charge is -2.03. The summed E-state index contributed by atoms with van der Waals surface area (Å²) >= 11 is 0. The molecule has 1 saturated carbocycles. The fraction of sp³-hybridized carbons (Fsp3) is 0.400. The second-order valence-electron chi connectivity index (χ2n) is 5.75. The Bertz CT molecular complexity index is 730. The summed E-state index contributed by atoms with van der Waals surface area (Å²) in [4.78, 5) is 4.38. The number of phenols is 1. The first-order chi connectivity index (χ1) is 9.98. The van der Waals surface area contributed by atoms with Gasteiger partial charge < -0.3 is 14.4 Å². The Labute approximate surface area is 122 Å². The molecule has 1 heterocycles. The second kappa shape index (κ2) is 4.48. The molecule has 2 atom stereocenters. The Hall–Kier alpha value is -2.55. The van der Waals surface area contributed by atoms with Crippen LogP contribution in [0.1, 0.15) is 25.7 Å². The Balaban J connectivity index is 1.92. The highest BCUT2D eigenvalue weighted by Crippen LogP contribution is 2.63. The van der Waals surface area contributed by atoms with Crippen molar-refractivity contribution in [1.29, 1.82) is 5.26 Å². The Morgan fingerprint density at radius 2 is 2.19 bits per heavy atom. The minimum absolute atomic E-state index is 0.0252. The van der Waals surface area contributed by atoms with Gasteiger partial charge in [-0.3, -0.25) is 0 Å². The maximum atomic E-state index is 9.60. The van der Waals surface area contributed by atoms with Gasteiger partial charge in [-0.2, -0.15) is 10.2 Å². The molecule has 2 unspecified atom stereocenters. The smallest absolute Gasteiger partial charge is 0.232 e. The molecule has 6 nitrogen and oxygen atoms in total. The average molecular weight is 285 g/mol. The molecule has 0 bridgehead atoms. The molecule has 0 spiro atoms. The van der Waals surface area contributed by atoms with Crippen LogP contribution >= 0.6 is 0 Å². The van der Waals surface area contributed by atoms with Crippen LogP contribution < -0.4 is 4.74 Å². The van der Waals surface area contributed by atoms with Crippen molar-refractivity contribution in [3.05, 3.63) is 24.1 Å². The molecule has 1 fully saturated rings. The van der Waals surface area contributed by atoms with Crippen LogP contribution in [0, 0.1) is 22.7 Å². The number of nitrogens with zero attached hydrogens (tertiary/aromatic N) is 3. The van der Waals surface area contributed by atoms with Crippen molar-refractivity contribution in [3.63, 3.8) is 0 Å². The third kappa shape index (κ3) is 2.02. The molecule has 6 heteroatoms. The van der Waals surface area contributed by atoms with Crippen molar-refractivity contribution in [2.75, 3.05) is 7.11 Å². The number of aromatic hydroxyl groups is 1. The summed E-state index contributed by atoms with van der Waals surface area (Å²) in [5.74, 6) is 1.18. The van der Waals surface area contributed by atoms with Gasteiger partial charge in [0.25, 0.3) is 0 Å². The van der Waals surface area contributed by atoms with E-state index in [0.29, 0.717) is 23.0 Å².